The Bertz CT molecular complexity index is 1760. The number of anilines is 2. The third kappa shape index (κ3) is 5.46. The second-order valence-corrected chi connectivity index (χ2v) is 14.0. The number of hydrogen-bond acceptors (Lipinski definition) is 10. The van der Waals surface area contributed by atoms with Gasteiger partial charge in [-0.15, -0.1) is 0 Å². The summed E-state index contributed by atoms with van der Waals surface area (Å²) in [7, 11) is 3.84. The van der Waals surface area contributed by atoms with E-state index in [0.29, 0.717) is 39.3 Å². The fourth-order valence-corrected chi connectivity index (χ4v) is 8.03. The zero-order valence-electron chi connectivity index (χ0n) is 26.9. The van der Waals surface area contributed by atoms with Gasteiger partial charge in [-0.3, -0.25) is 4.90 Å². The summed E-state index contributed by atoms with van der Waals surface area (Å²) in [5.74, 6) is -1.21. The lowest BCUT2D eigenvalue weighted by Gasteiger charge is -2.51. The molecule has 3 saturated heterocycles. The molecule has 4 aliphatic rings. The van der Waals surface area contributed by atoms with Gasteiger partial charge in [0.15, 0.2) is 11.6 Å². The van der Waals surface area contributed by atoms with E-state index in [1.165, 1.54) is 6.92 Å². The van der Waals surface area contributed by atoms with E-state index < -0.39 is 51.1 Å². The molecule has 0 unspecified atom stereocenters. The first-order chi connectivity index (χ1) is 22.7. The summed E-state index contributed by atoms with van der Waals surface area (Å²) in [5.41, 5.74) is 1.60. The molecule has 1 spiro atoms. The first kappa shape index (κ1) is 33.2. The highest BCUT2D eigenvalue weighted by Crippen LogP contribution is 2.51. The van der Waals surface area contributed by atoms with Crippen LogP contribution < -0.4 is 20.1 Å². The molecule has 7 rings (SSSR count). The molecule has 3 fully saturated rings. The van der Waals surface area contributed by atoms with E-state index in [4.69, 9.17) is 36.5 Å². The zero-order chi connectivity index (χ0) is 34.2. The zero-order valence-corrected chi connectivity index (χ0v) is 27.6. The van der Waals surface area contributed by atoms with Crippen LogP contribution in [0.15, 0.2) is 6.07 Å². The molecule has 0 aliphatic carbocycles. The van der Waals surface area contributed by atoms with Crippen LogP contribution in [0.25, 0.3) is 22.2 Å². The van der Waals surface area contributed by atoms with Crippen molar-refractivity contribution in [3.63, 3.8) is 0 Å². The Hall–Kier alpha value is -3.27. The molecule has 3 aromatic rings. The number of nitrogens with zero attached hydrogens (tertiary/aromatic N) is 6. The molecule has 10 nitrogen and oxygen atoms in total. The number of nitrogens with two attached hydrogens (primary N) is 1. The smallest absolute Gasteiger partial charge is 0.418 e. The van der Waals surface area contributed by atoms with Gasteiger partial charge in [0.25, 0.3) is 0 Å². The molecule has 0 amide bonds. The van der Waals surface area contributed by atoms with E-state index in [1.807, 2.05) is 23.9 Å². The summed E-state index contributed by atoms with van der Waals surface area (Å²) < 4.78 is 93.2. The van der Waals surface area contributed by atoms with Gasteiger partial charge in [0, 0.05) is 32.5 Å². The van der Waals surface area contributed by atoms with Crippen LogP contribution in [0, 0.1) is 12.7 Å². The quantitative estimate of drug-likeness (QED) is 0.329. The lowest BCUT2D eigenvalue weighted by atomic mass is 9.89. The van der Waals surface area contributed by atoms with E-state index in [0.717, 1.165) is 25.5 Å². The lowest BCUT2D eigenvalue weighted by molar-refractivity contribution is -0.137. The predicted molar refractivity (Wildman–Crippen MR) is 170 cm³/mol. The van der Waals surface area contributed by atoms with E-state index >= 15 is 4.39 Å². The highest BCUT2D eigenvalue weighted by atomic mass is 35.5. The van der Waals surface area contributed by atoms with Gasteiger partial charge < -0.3 is 29.7 Å². The molecule has 2 atom stereocenters. The third-order valence-electron chi connectivity index (χ3n) is 10.1. The van der Waals surface area contributed by atoms with Crippen molar-refractivity contribution in [2.24, 2.45) is 0 Å². The van der Waals surface area contributed by atoms with Gasteiger partial charge in [0.05, 0.1) is 58.1 Å². The fraction of sp³-hybridized carbons (Fsp3) is 0.594. The normalized spacial score (nSPS) is 23.7. The number of nitrogen functional groups attached to an aromatic ring is 1. The predicted octanol–water partition coefficient (Wildman–Crippen LogP) is 5.27. The van der Waals surface area contributed by atoms with Crippen LogP contribution in [0.1, 0.15) is 36.8 Å². The number of ether oxygens (including phenoxy) is 3. The molecular formula is C32H37ClF5N7O3. The summed E-state index contributed by atoms with van der Waals surface area (Å²) in [6.07, 6.45) is -3.56. The summed E-state index contributed by atoms with van der Waals surface area (Å²) in [6, 6.07) is 0.874. The largest absolute Gasteiger partial charge is 0.491 e. The Morgan fingerprint density at radius 1 is 1.19 bits per heavy atom. The maximum Gasteiger partial charge on any atom is 0.418 e. The van der Waals surface area contributed by atoms with Crippen LogP contribution in [-0.4, -0.2) is 109 Å². The molecule has 2 N–H and O–H groups in total. The van der Waals surface area contributed by atoms with E-state index in [1.54, 1.807) is 0 Å². The third-order valence-corrected chi connectivity index (χ3v) is 10.4. The first-order valence-electron chi connectivity index (χ1n) is 16.0. The molecule has 0 bridgehead atoms. The first-order valence-corrected chi connectivity index (χ1v) is 16.3. The molecule has 4 aliphatic heterocycles. The number of fused-ring (bicyclic) bond motifs is 1. The second kappa shape index (κ2) is 12.0. The second-order valence-electron chi connectivity index (χ2n) is 13.6. The average molecular weight is 698 g/mol. The number of halogens is 6. The van der Waals surface area contributed by atoms with Gasteiger partial charge in [-0.25, -0.2) is 13.8 Å². The van der Waals surface area contributed by atoms with Crippen LogP contribution in [-0.2, 0) is 10.9 Å². The van der Waals surface area contributed by atoms with E-state index in [9.17, 15) is 17.6 Å². The number of likely N-dealkylation sites (N-methyl/N-ethyl adjacent to an activating group) is 1. The molecule has 260 valence electrons. The molecular weight excluding hydrogens is 661 g/mol. The highest BCUT2D eigenvalue weighted by molar-refractivity contribution is 6.36. The summed E-state index contributed by atoms with van der Waals surface area (Å²) in [4.78, 5) is 19.3. The molecule has 6 heterocycles. The Balaban J connectivity index is 1.47. The van der Waals surface area contributed by atoms with Crippen LogP contribution in [0.3, 0.4) is 0 Å². The Kier molecular flexibility index (Phi) is 8.28. The van der Waals surface area contributed by atoms with Crippen molar-refractivity contribution in [1.29, 1.82) is 0 Å². The number of hydrogen-bond donors (Lipinski definition) is 1. The van der Waals surface area contributed by atoms with Crippen LogP contribution in [0.4, 0.5) is 33.6 Å². The number of aryl methyl sites for hydroxylation is 1. The Morgan fingerprint density at radius 3 is 2.65 bits per heavy atom. The number of rotatable bonds is 7. The molecule has 48 heavy (non-hydrogen) atoms. The van der Waals surface area contributed by atoms with E-state index in [-0.39, 0.29) is 59.5 Å². The number of alkyl halides is 4. The van der Waals surface area contributed by atoms with Crippen LogP contribution >= 0.6 is 11.6 Å². The van der Waals surface area contributed by atoms with Gasteiger partial charge in [-0.05, 0) is 52.0 Å². The van der Waals surface area contributed by atoms with Gasteiger partial charge in [0.2, 0.25) is 0 Å². The molecule has 1 aromatic carbocycles. The van der Waals surface area contributed by atoms with Crippen LogP contribution in [0.5, 0.6) is 11.8 Å². The summed E-state index contributed by atoms with van der Waals surface area (Å²) in [6.45, 7) is 4.17. The fourth-order valence-electron chi connectivity index (χ4n) is 7.71. The minimum atomic E-state index is -4.91. The highest BCUT2D eigenvalue weighted by Gasteiger charge is 2.50. The van der Waals surface area contributed by atoms with E-state index in [2.05, 4.69) is 14.9 Å². The van der Waals surface area contributed by atoms with Crippen molar-refractivity contribution in [3.05, 3.63) is 28.0 Å². The van der Waals surface area contributed by atoms with Crippen molar-refractivity contribution in [1.82, 2.24) is 24.8 Å². The van der Waals surface area contributed by atoms with Gasteiger partial charge in [-0.1, -0.05) is 11.6 Å². The van der Waals surface area contributed by atoms with Crippen LogP contribution in [0.2, 0.25) is 5.02 Å². The maximum atomic E-state index is 17.1. The molecule has 16 heteroatoms. The van der Waals surface area contributed by atoms with Gasteiger partial charge >= 0.3 is 12.2 Å². The van der Waals surface area contributed by atoms with Gasteiger partial charge in [-0.2, -0.15) is 23.1 Å². The molecule has 0 saturated carbocycles. The summed E-state index contributed by atoms with van der Waals surface area (Å²) in [5, 5.41) is -0.312. The lowest BCUT2D eigenvalue weighted by Crippen LogP contribution is -2.64. The average Bonchev–Trinajstić information content (AvgIpc) is 3.49. The monoisotopic (exact) mass is 697 g/mol. The summed E-state index contributed by atoms with van der Waals surface area (Å²) >= 11 is 6.85. The molecule has 0 radical (unpaired) electrons. The van der Waals surface area contributed by atoms with Crippen molar-refractivity contribution < 1.29 is 36.2 Å². The van der Waals surface area contributed by atoms with Crippen molar-refractivity contribution in [2.75, 3.05) is 77.3 Å². The van der Waals surface area contributed by atoms with Gasteiger partial charge in [0.1, 0.15) is 29.9 Å². The van der Waals surface area contributed by atoms with Crippen molar-refractivity contribution >= 4 is 34.1 Å². The standard InChI is InChI=1S/C32H37ClF5N7O3/c1-17-11-19(39)40-25(22(17)32(36,37)38)20-23(33)27-21-26(24(20)35)41-29(48-16-30-5-4-7-44(30)13-18(34)12-30)42-28(21)45(9-8-43(2)3)31(6-10-47-27)14-46-15-31/h11,18H,4-10,12-16H2,1-3H3,(H2,39,40)/t18-,30+/m1/s1. The minimum absolute atomic E-state index is 0.0595. The topological polar surface area (TPSA) is 102 Å². The SMILES string of the molecule is Cc1cc(N)nc(-c2c(Cl)c3c4c(nc(OC[C@@]56CCCN5C[C@H](F)C6)nc4c2F)N(CCN(C)C)C2(CCO3)COC2)c1C(F)(F)F. The van der Waals surface area contributed by atoms with Crippen molar-refractivity contribution in [2.45, 2.75) is 56.0 Å². The number of aromatic nitrogens is 3. The maximum absolute atomic E-state index is 17.1. The van der Waals surface area contributed by atoms with Crippen molar-refractivity contribution in [3.8, 4) is 23.0 Å². The Labute approximate surface area is 279 Å². The Morgan fingerprint density at radius 2 is 1.96 bits per heavy atom. The number of pyridine rings is 1. The number of benzene rings is 1. The molecule has 2 aromatic heterocycles. The minimum Gasteiger partial charge on any atom is -0.491 e.